The molecule has 5 nitrogen and oxygen atoms in total. The van der Waals surface area contributed by atoms with Gasteiger partial charge >= 0.3 is 0 Å². The Kier molecular flexibility index (Phi) is 6.87. The highest BCUT2D eigenvalue weighted by Gasteiger charge is 2.08. The van der Waals surface area contributed by atoms with E-state index in [1.807, 2.05) is 13.0 Å². The van der Waals surface area contributed by atoms with Crippen molar-refractivity contribution < 1.29 is 19.4 Å². The van der Waals surface area contributed by atoms with E-state index >= 15 is 0 Å². The lowest BCUT2D eigenvalue weighted by Gasteiger charge is -2.11. The summed E-state index contributed by atoms with van der Waals surface area (Å²) in [5.41, 5.74) is 0.858. The van der Waals surface area contributed by atoms with Crippen LogP contribution in [-0.2, 0) is 11.2 Å². The van der Waals surface area contributed by atoms with Crippen LogP contribution in [0.3, 0.4) is 0 Å². The molecule has 1 amide bonds. The molecule has 0 aliphatic heterocycles. The van der Waals surface area contributed by atoms with E-state index in [0.29, 0.717) is 30.9 Å². The maximum atomic E-state index is 11.8. The maximum Gasteiger partial charge on any atom is 0.224 e. The molecular weight excluding hydrogens is 258 g/mol. The average Bonchev–Trinajstić information content (AvgIpc) is 2.46. The second-order valence-electron chi connectivity index (χ2n) is 4.57. The third-order valence-electron chi connectivity index (χ3n) is 3.08. The lowest BCUT2D eigenvalue weighted by molar-refractivity contribution is -0.120. The van der Waals surface area contributed by atoms with Crippen molar-refractivity contribution in [2.75, 3.05) is 20.8 Å². The summed E-state index contributed by atoms with van der Waals surface area (Å²) in [5, 5.41) is 12.2. The molecule has 0 aliphatic rings. The highest BCUT2D eigenvalue weighted by atomic mass is 16.5. The van der Waals surface area contributed by atoms with Gasteiger partial charge in [-0.05, 0) is 30.5 Å². The Morgan fingerprint density at radius 3 is 2.60 bits per heavy atom. The summed E-state index contributed by atoms with van der Waals surface area (Å²) in [4.78, 5) is 11.8. The Labute approximate surface area is 119 Å². The normalized spacial score (nSPS) is 11.8. The van der Waals surface area contributed by atoms with Crippen molar-refractivity contribution in [1.29, 1.82) is 0 Å². The van der Waals surface area contributed by atoms with E-state index in [9.17, 15) is 9.90 Å². The number of amides is 1. The lowest BCUT2D eigenvalue weighted by Crippen LogP contribution is -2.28. The van der Waals surface area contributed by atoms with Crippen LogP contribution in [0.1, 0.15) is 25.3 Å². The van der Waals surface area contributed by atoms with Gasteiger partial charge in [-0.25, -0.2) is 0 Å². The van der Waals surface area contributed by atoms with Crippen LogP contribution in [0, 0.1) is 0 Å². The van der Waals surface area contributed by atoms with E-state index < -0.39 is 0 Å². The van der Waals surface area contributed by atoms with Crippen LogP contribution in [0.2, 0.25) is 0 Å². The fourth-order valence-corrected chi connectivity index (χ4v) is 1.82. The third kappa shape index (κ3) is 5.09. The van der Waals surface area contributed by atoms with Crippen molar-refractivity contribution in [3.8, 4) is 11.5 Å². The zero-order valence-electron chi connectivity index (χ0n) is 12.3. The summed E-state index contributed by atoms with van der Waals surface area (Å²) in [6, 6.07) is 5.41. The Morgan fingerprint density at radius 2 is 2.00 bits per heavy atom. The molecule has 1 aromatic rings. The molecule has 1 unspecified atom stereocenters. The van der Waals surface area contributed by atoms with E-state index in [-0.39, 0.29) is 18.4 Å². The van der Waals surface area contributed by atoms with Gasteiger partial charge in [0, 0.05) is 6.54 Å². The first-order valence-corrected chi connectivity index (χ1v) is 6.76. The first-order valence-electron chi connectivity index (χ1n) is 6.76. The van der Waals surface area contributed by atoms with Crippen LogP contribution < -0.4 is 14.8 Å². The molecule has 0 fully saturated rings. The van der Waals surface area contributed by atoms with Gasteiger partial charge in [-0.1, -0.05) is 13.0 Å². The van der Waals surface area contributed by atoms with Crippen molar-refractivity contribution in [2.24, 2.45) is 0 Å². The van der Waals surface area contributed by atoms with Crippen molar-refractivity contribution in [3.63, 3.8) is 0 Å². The maximum absolute atomic E-state index is 11.8. The van der Waals surface area contributed by atoms with Crippen molar-refractivity contribution in [2.45, 2.75) is 32.3 Å². The second-order valence-corrected chi connectivity index (χ2v) is 4.57. The summed E-state index contributed by atoms with van der Waals surface area (Å²) >= 11 is 0. The van der Waals surface area contributed by atoms with Crippen molar-refractivity contribution >= 4 is 5.91 Å². The summed E-state index contributed by atoms with van der Waals surface area (Å²) < 4.78 is 10.3. The number of rotatable bonds is 8. The van der Waals surface area contributed by atoms with Crippen molar-refractivity contribution in [1.82, 2.24) is 5.32 Å². The fourth-order valence-electron chi connectivity index (χ4n) is 1.82. The standard InChI is InChI=1S/C15H23NO4/c1-4-12(17)7-8-16-15(18)10-11-5-6-13(19-2)14(9-11)20-3/h5-6,9,12,17H,4,7-8,10H2,1-3H3,(H,16,18). The summed E-state index contributed by atoms with van der Waals surface area (Å²) in [7, 11) is 3.14. The molecule has 0 saturated heterocycles. The van der Waals surface area contributed by atoms with Gasteiger partial charge < -0.3 is 19.9 Å². The molecule has 0 spiro atoms. The third-order valence-corrected chi connectivity index (χ3v) is 3.08. The second kappa shape index (κ2) is 8.43. The van der Waals surface area contributed by atoms with E-state index in [2.05, 4.69) is 5.32 Å². The molecule has 112 valence electrons. The molecule has 0 bridgehead atoms. The number of methoxy groups -OCH3 is 2. The largest absolute Gasteiger partial charge is 0.493 e. The summed E-state index contributed by atoms with van der Waals surface area (Å²) in [5.74, 6) is 1.18. The minimum atomic E-state index is -0.351. The van der Waals surface area contributed by atoms with Gasteiger partial charge in [0.25, 0.3) is 0 Å². The minimum absolute atomic E-state index is 0.0690. The first kappa shape index (κ1) is 16.3. The SMILES string of the molecule is CCC(O)CCNC(=O)Cc1ccc(OC)c(OC)c1. The van der Waals surface area contributed by atoms with Gasteiger partial charge in [0.1, 0.15) is 0 Å². The van der Waals surface area contributed by atoms with Crippen LogP contribution in [0.25, 0.3) is 0 Å². The number of carbonyl (C=O) groups is 1. The summed E-state index contributed by atoms with van der Waals surface area (Å²) in [6.45, 7) is 2.40. The summed E-state index contributed by atoms with van der Waals surface area (Å²) in [6.07, 6.45) is 1.21. The fraction of sp³-hybridized carbons (Fsp3) is 0.533. The number of aliphatic hydroxyl groups is 1. The Balaban J connectivity index is 2.49. The minimum Gasteiger partial charge on any atom is -0.493 e. The molecule has 1 atom stereocenters. The smallest absolute Gasteiger partial charge is 0.224 e. The highest BCUT2D eigenvalue weighted by Crippen LogP contribution is 2.27. The quantitative estimate of drug-likeness (QED) is 0.758. The molecule has 1 aromatic carbocycles. The predicted octanol–water partition coefficient (Wildman–Crippen LogP) is 1.52. The molecule has 5 heteroatoms. The zero-order chi connectivity index (χ0) is 15.0. The first-order chi connectivity index (χ1) is 9.60. The number of nitrogens with one attached hydrogen (secondary N) is 1. The van der Waals surface area contributed by atoms with Gasteiger partial charge in [0.2, 0.25) is 5.91 Å². The van der Waals surface area contributed by atoms with Crippen LogP contribution in [0.15, 0.2) is 18.2 Å². The Hall–Kier alpha value is -1.75. The topological polar surface area (TPSA) is 67.8 Å². The van der Waals surface area contributed by atoms with E-state index in [0.717, 1.165) is 5.56 Å². The van der Waals surface area contributed by atoms with Crippen LogP contribution >= 0.6 is 0 Å². The lowest BCUT2D eigenvalue weighted by atomic mass is 10.1. The molecule has 0 radical (unpaired) electrons. The number of hydrogen-bond donors (Lipinski definition) is 2. The Morgan fingerprint density at radius 1 is 1.30 bits per heavy atom. The number of carbonyl (C=O) groups excluding carboxylic acids is 1. The molecule has 20 heavy (non-hydrogen) atoms. The number of ether oxygens (including phenoxy) is 2. The van der Waals surface area contributed by atoms with Gasteiger partial charge in [0.15, 0.2) is 11.5 Å². The van der Waals surface area contributed by atoms with E-state index in [1.54, 1.807) is 26.4 Å². The van der Waals surface area contributed by atoms with Gasteiger partial charge in [0.05, 0.1) is 26.7 Å². The van der Waals surface area contributed by atoms with E-state index in [1.165, 1.54) is 0 Å². The molecular formula is C15H23NO4. The number of hydrogen-bond acceptors (Lipinski definition) is 4. The van der Waals surface area contributed by atoms with Crippen LogP contribution in [0.5, 0.6) is 11.5 Å². The molecule has 0 aromatic heterocycles. The average molecular weight is 281 g/mol. The molecule has 1 rings (SSSR count). The van der Waals surface area contributed by atoms with Gasteiger partial charge in [-0.3, -0.25) is 4.79 Å². The van der Waals surface area contributed by atoms with Crippen molar-refractivity contribution in [3.05, 3.63) is 23.8 Å². The number of aliphatic hydroxyl groups excluding tert-OH is 1. The molecule has 0 heterocycles. The molecule has 0 aliphatic carbocycles. The van der Waals surface area contributed by atoms with Gasteiger partial charge in [-0.2, -0.15) is 0 Å². The number of benzene rings is 1. The van der Waals surface area contributed by atoms with Crippen LogP contribution in [0.4, 0.5) is 0 Å². The highest BCUT2D eigenvalue weighted by molar-refractivity contribution is 5.78. The zero-order valence-corrected chi connectivity index (χ0v) is 12.3. The predicted molar refractivity (Wildman–Crippen MR) is 77.2 cm³/mol. The molecule has 2 N–H and O–H groups in total. The monoisotopic (exact) mass is 281 g/mol. The molecule has 0 saturated carbocycles. The Bertz CT molecular complexity index is 434. The van der Waals surface area contributed by atoms with Gasteiger partial charge in [-0.15, -0.1) is 0 Å². The van der Waals surface area contributed by atoms with Crippen LogP contribution in [-0.4, -0.2) is 37.9 Å². The van der Waals surface area contributed by atoms with E-state index in [4.69, 9.17) is 9.47 Å².